The van der Waals surface area contributed by atoms with Gasteiger partial charge in [0.15, 0.2) is 5.69 Å². The molecule has 1 aliphatic rings. The molecule has 0 aliphatic carbocycles. The van der Waals surface area contributed by atoms with Crippen LogP contribution in [0.1, 0.15) is 34.9 Å². The molecule has 1 fully saturated rings. The lowest BCUT2D eigenvalue weighted by Crippen LogP contribution is -2.29. The van der Waals surface area contributed by atoms with Crippen molar-refractivity contribution in [3.05, 3.63) is 41.7 Å². The minimum atomic E-state index is -4.80. The highest BCUT2D eigenvalue weighted by molar-refractivity contribution is 5.91. The molecule has 1 aromatic carbocycles. The number of nitrogens with zero attached hydrogens (tertiary/aromatic N) is 4. The summed E-state index contributed by atoms with van der Waals surface area (Å²) < 4.78 is 43.3. The molecule has 1 aliphatic heterocycles. The summed E-state index contributed by atoms with van der Waals surface area (Å²) in [6.07, 6.45) is -1.41. The minimum Gasteiger partial charge on any atom is -0.405 e. The van der Waals surface area contributed by atoms with Gasteiger partial charge in [-0.2, -0.15) is 0 Å². The standard InChI is InChI=1S/C17H20F3N5O2/c1-24(10-12-4-2-3-5-15(12)27-17(18,19)20)16(26)14-11-25(23-22-14)13-6-8-21-9-7-13/h2-5,11,13,21H,6-10H2,1H3. The molecule has 1 saturated heterocycles. The van der Waals surface area contributed by atoms with Crippen LogP contribution in [0.5, 0.6) is 5.75 Å². The Labute approximate surface area is 154 Å². The zero-order chi connectivity index (χ0) is 19.4. The Balaban J connectivity index is 1.69. The van der Waals surface area contributed by atoms with E-state index in [0.29, 0.717) is 0 Å². The van der Waals surface area contributed by atoms with Gasteiger partial charge in [0, 0.05) is 19.2 Å². The number of benzene rings is 1. The highest BCUT2D eigenvalue weighted by Crippen LogP contribution is 2.27. The van der Waals surface area contributed by atoms with Crippen molar-refractivity contribution < 1.29 is 22.7 Å². The van der Waals surface area contributed by atoms with E-state index in [9.17, 15) is 18.0 Å². The Morgan fingerprint density at radius 1 is 1.33 bits per heavy atom. The number of alkyl halides is 3. The molecular weight excluding hydrogens is 363 g/mol. The van der Waals surface area contributed by atoms with Crippen LogP contribution < -0.4 is 10.1 Å². The predicted molar refractivity (Wildman–Crippen MR) is 90.1 cm³/mol. The molecule has 2 heterocycles. The molecule has 0 spiro atoms. The van der Waals surface area contributed by atoms with Gasteiger partial charge in [-0.1, -0.05) is 23.4 Å². The van der Waals surface area contributed by atoms with Crippen LogP contribution in [0, 0.1) is 0 Å². The second-order valence-corrected chi connectivity index (χ2v) is 6.38. The molecule has 2 aromatic rings. The second-order valence-electron chi connectivity index (χ2n) is 6.38. The van der Waals surface area contributed by atoms with Crippen LogP contribution in [-0.2, 0) is 6.54 Å². The molecule has 27 heavy (non-hydrogen) atoms. The number of hydrogen-bond acceptors (Lipinski definition) is 5. The number of amides is 1. The van der Waals surface area contributed by atoms with E-state index >= 15 is 0 Å². The number of piperidine rings is 1. The summed E-state index contributed by atoms with van der Waals surface area (Å²) in [5.41, 5.74) is 0.404. The highest BCUT2D eigenvalue weighted by atomic mass is 19.4. The molecule has 3 rings (SSSR count). The average Bonchev–Trinajstić information content (AvgIpc) is 3.12. The summed E-state index contributed by atoms with van der Waals surface area (Å²) in [4.78, 5) is 13.9. The van der Waals surface area contributed by atoms with Crippen LogP contribution in [0.25, 0.3) is 0 Å². The predicted octanol–water partition coefficient (Wildman–Crippen LogP) is 2.37. The first-order valence-electron chi connectivity index (χ1n) is 8.55. The summed E-state index contributed by atoms with van der Waals surface area (Å²) in [7, 11) is 1.50. The Hall–Kier alpha value is -2.62. The maximum Gasteiger partial charge on any atom is 0.573 e. The van der Waals surface area contributed by atoms with Crippen molar-refractivity contribution in [3.63, 3.8) is 0 Å². The fourth-order valence-corrected chi connectivity index (χ4v) is 3.01. The van der Waals surface area contributed by atoms with E-state index in [1.165, 1.54) is 30.1 Å². The van der Waals surface area contributed by atoms with Gasteiger partial charge in [-0.05, 0) is 32.0 Å². The molecule has 0 atom stereocenters. The van der Waals surface area contributed by atoms with Crippen molar-refractivity contribution in [2.45, 2.75) is 31.8 Å². The lowest BCUT2D eigenvalue weighted by Gasteiger charge is -2.22. The number of halogens is 3. The number of ether oxygens (including phenoxy) is 1. The lowest BCUT2D eigenvalue weighted by atomic mass is 10.1. The number of aromatic nitrogens is 3. The van der Waals surface area contributed by atoms with Crippen molar-refractivity contribution in [3.8, 4) is 5.75 Å². The number of hydrogen-bond donors (Lipinski definition) is 1. The van der Waals surface area contributed by atoms with Crippen LogP contribution in [0.15, 0.2) is 30.5 Å². The first-order chi connectivity index (χ1) is 12.8. The zero-order valence-electron chi connectivity index (χ0n) is 14.7. The van der Waals surface area contributed by atoms with E-state index < -0.39 is 12.3 Å². The summed E-state index contributed by atoms with van der Waals surface area (Å²) in [5.74, 6) is -0.750. The van der Waals surface area contributed by atoms with Crippen molar-refractivity contribution in [1.29, 1.82) is 0 Å². The third kappa shape index (κ3) is 4.97. The van der Waals surface area contributed by atoms with E-state index in [4.69, 9.17) is 0 Å². The number of nitrogens with one attached hydrogen (secondary N) is 1. The maximum absolute atomic E-state index is 12.6. The molecule has 0 unspecified atom stereocenters. The molecule has 7 nitrogen and oxygen atoms in total. The van der Waals surface area contributed by atoms with Crippen molar-refractivity contribution in [2.24, 2.45) is 0 Å². The third-order valence-corrected chi connectivity index (χ3v) is 4.36. The van der Waals surface area contributed by atoms with Gasteiger partial charge in [-0.15, -0.1) is 18.3 Å². The normalized spacial score (nSPS) is 15.6. The van der Waals surface area contributed by atoms with Crippen molar-refractivity contribution in [2.75, 3.05) is 20.1 Å². The van der Waals surface area contributed by atoms with Gasteiger partial charge in [0.05, 0.1) is 12.2 Å². The first kappa shape index (κ1) is 19.2. The molecule has 1 amide bonds. The summed E-state index contributed by atoms with van der Waals surface area (Å²) in [6, 6.07) is 5.92. The maximum atomic E-state index is 12.6. The Kier molecular flexibility index (Phi) is 5.64. The molecule has 10 heteroatoms. The fourth-order valence-electron chi connectivity index (χ4n) is 3.01. The van der Waals surface area contributed by atoms with Gasteiger partial charge in [0.25, 0.3) is 5.91 Å². The van der Waals surface area contributed by atoms with E-state index in [2.05, 4.69) is 20.4 Å². The summed E-state index contributed by atoms with van der Waals surface area (Å²) >= 11 is 0. The second kappa shape index (κ2) is 7.95. The largest absolute Gasteiger partial charge is 0.573 e. The topological polar surface area (TPSA) is 72.3 Å². The van der Waals surface area contributed by atoms with Crippen LogP contribution >= 0.6 is 0 Å². The fraction of sp³-hybridized carbons (Fsp3) is 0.471. The molecule has 146 valence electrons. The SMILES string of the molecule is CN(Cc1ccccc1OC(F)(F)F)C(=O)c1cn(C2CCNCC2)nn1. The summed E-state index contributed by atoms with van der Waals surface area (Å²) in [5, 5.41) is 11.2. The van der Waals surface area contributed by atoms with Gasteiger partial charge in [-0.3, -0.25) is 4.79 Å². The smallest absolute Gasteiger partial charge is 0.405 e. The molecule has 0 saturated carbocycles. The molecule has 0 bridgehead atoms. The number of para-hydroxylation sites is 1. The van der Waals surface area contributed by atoms with E-state index in [0.717, 1.165) is 25.9 Å². The lowest BCUT2D eigenvalue weighted by molar-refractivity contribution is -0.275. The molecule has 0 radical (unpaired) electrons. The Morgan fingerprint density at radius 2 is 2.04 bits per heavy atom. The average molecular weight is 383 g/mol. The highest BCUT2D eigenvalue weighted by Gasteiger charge is 2.32. The van der Waals surface area contributed by atoms with Gasteiger partial charge >= 0.3 is 6.36 Å². The van der Waals surface area contributed by atoms with Crippen LogP contribution in [0.3, 0.4) is 0 Å². The summed E-state index contributed by atoms with van der Waals surface area (Å²) in [6.45, 7) is 1.71. The van der Waals surface area contributed by atoms with Crippen LogP contribution in [0.2, 0.25) is 0 Å². The quantitative estimate of drug-likeness (QED) is 0.858. The first-order valence-corrected chi connectivity index (χ1v) is 8.55. The van der Waals surface area contributed by atoms with Crippen LogP contribution in [-0.4, -0.2) is 52.3 Å². The van der Waals surface area contributed by atoms with E-state index in [1.54, 1.807) is 16.9 Å². The monoisotopic (exact) mass is 383 g/mol. The number of carbonyl (C=O) groups is 1. The van der Waals surface area contributed by atoms with Crippen molar-refractivity contribution in [1.82, 2.24) is 25.2 Å². The zero-order valence-corrected chi connectivity index (χ0v) is 14.7. The Bertz CT molecular complexity index is 787. The Morgan fingerprint density at radius 3 is 2.74 bits per heavy atom. The van der Waals surface area contributed by atoms with Gasteiger partial charge in [0.2, 0.25) is 0 Å². The molecule has 1 aromatic heterocycles. The van der Waals surface area contributed by atoms with E-state index in [1.807, 2.05) is 0 Å². The van der Waals surface area contributed by atoms with Gasteiger partial charge in [-0.25, -0.2) is 4.68 Å². The van der Waals surface area contributed by atoms with Crippen LogP contribution in [0.4, 0.5) is 13.2 Å². The van der Waals surface area contributed by atoms with E-state index in [-0.39, 0.29) is 29.6 Å². The van der Waals surface area contributed by atoms with Crippen molar-refractivity contribution >= 4 is 5.91 Å². The molecule has 1 N–H and O–H groups in total. The minimum absolute atomic E-state index is 0.0503. The molecular formula is C17H20F3N5O2. The third-order valence-electron chi connectivity index (χ3n) is 4.36. The number of carbonyl (C=O) groups excluding carboxylic acids is 1. The number of rotatable bonds is 5. The van der Waals surface area contributed by atoms with Gasteiger partial charge in [0.1, 0.15) is 5.75 Å². The van der Waals surface area contributed by atoms with Gasteiger partial charge < -0.3 is 15.0 Å².